The SMILES string of the molecule is COC(=O)[C@H](C[C@@H]1CCNC1=O)NC(=O)C1CC2(CCCCC2)CN1. The third kappa shape index (κ3) is 4.14. The predicted molar refractivity (Wildman–Crippen MR) is 91.6 cm³/mol. The number of carbonyl (C=O) groups excluding carboxylic acids is 3. The van der Waals surface area contributed by atoms with Gasteiger partial charge < -0.3 is 20.7 Å². The van der Waals surface area contributed by atoms with Crippen molar-refractivity contribution < 1.29 is 19.1 Å². The third-order valence-electron chi connectivity index (χ3n) is 6.08. The molecule has 0 radical (unpaired) electrons. The largest absolute Gasteiger partial charge is 0.467 e. The average Bonchev–Trinajstić information content (AvgIpc) is 3.21. The highest BCUT2D eigenvalue weighted by Crippen LogP contribution is 2.42. The molecular weight excluding hydrogens is 322 g/mol. The maximum Gasteiger partial charge on any atom is 0.328 e. The Hall–Kier alpha value is -1.63. The molecule has 1 unspecified atom stereocenters. The molecule has 0 bridgehead atoms. The molecule has 2 amide bonds. The molecule has 25 heavy (non-hydrogen) atoms. The van der Waals surface area contributed by atoms with Crippen molar-refractivity contribution in [2.75, 3.05) is 20.2 Å². The normalized spacial score (nSPS) is 29.2. The Morgan fingerprint density at radius 3 is 2.72 bits per heavy atom. The van der Waals surface area contributed by atoms with Crippen molar-refractivity contribution in [1.29, 1.82) is 0 Å². The van der Waals surface area contributed by atoms with E-state index < -0.39 is 12.0 Å². The molecule has 1 aliphatic carbocycles. The molecule has 2 saturated heterocycles. The molecule has 0 aromatic carbocycles. The zero-order valence-corrected chi connectivity index (χ0v) is 14.9. The van der Waals surface area contributed by atoms with Crippen LogP contribution in [0.4, 0.5) is 0 Å². The second-order valence-corrected chi connectivity index (χ2v) is 7.79. The van der Waals surface area contributed by atoms with Crippen LogP contribution in [0.3, 0.4) is 0 Å². The fourth-order valence-electron chi connectivity index (χ4n) is 4.57. The van der Waals surface area contributed by atoms with Crippen LogP contribution in [0.25, 0.3) is 0 Å². The molecule has 2 heterocycles. The van der Waals surface area contributed by atoms with Gasteiger partial charge in [0.2, 0.25) is 11.8 Å². The highest BCUT2D eigenvalue weighted by Gasteiger charge is 2.43. The number of hydrogen-bond donors (Lipinski definition) is 3. The maximum absolute atomic E-state index is 12.7. The standard InChI is InChI=1S/C18H29N3O4/c1-25-17(24)13(9-12-5-8-19-15(12)22)21-16(23)14-10-18(11-20-14)6-3-2-4-7-18/h12-14,20H,2-11H2,1H3,(H,19,22)(H,21,23)/t12-,13-,14?/m0/s1. The van der Waals surface area contributed by atoms with Crippen molar-refractivity contribution in [1.82, 2.24) is 16.0 Å². The first kappa shape index (κ1) is 18.2. The Labute approximate surface area is 148 Å². The summed E-state index contributed by atoms with van der Waals surface area (Å²) in [5, 5.41) is 8.92. The number of rotatable bonds is 5. The van der Waals surface area contributed by atoms with Gasteiger partial charge in [-0.05, 0) is 37.5 Å². The van der Waals surface area contributed by atoms with Crippen molar-refractivity contribution in [3.63, 3.8) is 0 Å². The molecule has 3 rings (SSSR count). The number of methoxy groups -OCH3 is 1. The first-order chi connectivity index (χ1) is 12.0. The molecule has 0 aromatic rings. The maximum atomic E-state index is 12.7. The van der Waals surface area contributed by atoms with Gasteiger partial charge in [0.25, 0.3) is 0 Å². The summed E-state index contributed by atoms with van der Waals surface area (Å²) in [4.78, 5) is 36.5. The summed E-state index contributed by atoms with van der Waals surface area (Å²) >= 11 is 0. The number of ether oxygens (including phenoxy) is 1. The van der Waals surface area contributed by atoms with E-state index in [2.05, 4.69) is 16.0 Å². The lowest BCUT2D eigenvalue weighted by Crippen LogP contribution is -2.49. The van der Waals surface area contributed by atoms with Gasteiger partial charge in [-0.3, -0.25) is 9.59 Å². The van der Waals surface area contributed by atoms with Crippen molar-refractivity contribution in [3.8, 4) is 0 Å². The molecule has 2 aliphatic heterocycles. The van der Waals surface area contributed by atoms with E-state index in [9.17, 15) is 14.4 Å². The summed E-state index contributed by atoms with van der Waals surface area (Å²) in [6.45, 7) is 1.50. The van der Waals surface area contributed by atoms with Crippen LogP contribution < -0.4 is 16.0 Å². The molecule has 1 saturated carbocycles. The van der Waals surface area contributed by atoms with E-state index in [-0.39, 0.29) is 29.2 Å². The molecule has 3 fully saturated rings. The van der Waals surface area contributed by atoms with E-state index >= 15 is 0 Å². The van der Waals surface area contributed by atoms with Crippen LogP contribution >= 0.6 is 0 Å². The lowest BCUT2D eigenvalue weighted by Gasteiger charge is -2.32. The zero-order valence-electron chi connectivity index (χ0n) is 14.9. The minimum absolute atomic E-state index is 0.0525. The summed E-state index contributed by atoms with van der Waals surface area (Å²) in [5.41, 5.74) is 0.242. The van der Waals surface area contributed by atoms with Crippen molar-refractivity contribution in [3.05, 3.63) is 0 Å². The molecule has 3 N–H and O–H groups in total. The highest BCUT2D eigenvalue weighted by atomic mass is 16.5. The minimum Gasteiger partial charge on any atom is -0.467 e. The van der Waals surface area contributed by atoms with Crippen LogP contribution in [-0.2, 0) is 19.1 Å². The van der Waals surface area contributed by atoms with E-state index in [1.54, 1.807) is 0 Å². The van der Waals surface area contributed by atoms with E-state index in [0.717, 1.165) is 13.0 Å². The summed E-state index contributed by atoms with van der Waals surface area (Å²) in [6.07, 6.45) is 7.91. The quantitative estimate of drug-likeness (QED) is 0.626. The van der Waals surface area contributed by atoms with Crippen LogP contribution in [0.1, 0.15) is 51.4 Å². The van der Waals surface area contributed by atoms with Gasteiger partial charge in [0.05, 0.1) is 13.2 Å². The summed E-state index contributed by atoms with van der Waals surface area (Å²) in [6, 6.07) is -1.03. The Balaban J connectivity index is 1.58. The summed E-state index contributed by atoms with van der Waals surface area (Å²) in [5.74, 6) is -0.941. The van der Waals surface area contributed by atoms with Crippen molar-refractivity contribution >= 4 is 17.8 Å². The van der Waals surface area contributed by atoms with Gasteiger partial charge in [-0.1, -0.05) is 19.3 Å². The predicted octanol–water partition coefficient (Wildman–Crippen LogP) is 0.483. The smallest absolute Gasteiger partial charge is 0.328 e. The van der Waals surface area contributed by atoms with Gasteiger partial charge in [-0.2, -0.15) is 0 Å². The van der Waals surface area contributed by atoms with Crippen LogP contribution in [0.5, 0.6) is 0 Å². The highest BCUT2D eigenvalue weighted by molar-refractivity contribution is 5.88. The molecule has 1 spiro atoms. The molecule has 3 atom stereocenters. The van der Waals surface area contributed by atoms with Gasteiger partial charge in [0.15, 0.2) is 0 Å². The van der Waals surface area contributed by atoms with Crippen LogP contribution in [0.15, 0.2) is 0 Å². The molecule has 0 aromatic heterocycles. The number of nitrogens with one attached hydrogen (secondary N) is 3. The van der Waals surface area contributed by atoms with Crippen LogP contribution in [-0.4, -0.2) is 50.1 Å². The number of carbonyl (C=O) groups is 3. The van der Waals surface area contributed by atoms with Crippen LogP contribution in [0, 0.1) is 11.3 Å². The van der Waals surface area contributed by atoms with Crippen molar-refractivity contribution in [2.45, 2.75) is 63.5 Å². The Kier molecular flexibility index (Phi) is 5.61. The Morgan fingerprint density at radius 2 is 2.08 bits per heavy atom. The van der Waals surface area contributed by atoms with Gasteiger partial charge in [-0.15, -0.1) is 0 Å². The lowest BCUT2D eigenvalue weighted by atomic mass is 9.72. The van der Waals surface area contributed by atoms with Gasteiger partial charge in [0, 0.05) is 19.0 Å². The van der Waals surface area contributed by atoms with Crippen LogP contribution in [0.2, 0.25) is 0 Å². The van der Waals surface area contributed by atoms with Crippen molar-refractivity contribution in [2.24, 2.45) is 11.3 Å². The molecule has 7 nitrogen and oxygen atoms in total. The fourth-order valence-corrected chi connectivity index (χ4v) is 4.57. The van der Waals surface area contributed by atoms with E-state index in [0.29, 0.717) is 19.4 Å². The van der Waals surface area contributed by atoms with E-state index in [1.807, 2.05) is 0 Å². The zero-order chi connectivity index (χ0) is 17.9. The first-order valence-corrected chi connectivity index (χ1v) is 9.42. The molecule has 140 valence electrons. The Bertz CT molecular complexity index is 530. The van der Waals surface area contributed by atoms with Gasteiger partial charge >= 0.3 is 5.97 Å². The number of hydrogen-bond acceptors (Lipinski definition) is 5. The second-order valence-electron chi connectivity index (χ2n) is 7.79. The molecule has 3 aliphatic rings. The monoisotopic (exact) mass is 351 g/mol. The fraction of sp³-hybridized carbons (Fsp3) is 0.833. The minimum atomic E-state index is -0.768. The summed E-state index contributed by atoms with van der Waals surface area (Å²) < 4.78 is 4.83. The molecule has 7 heteroatoms. The molecular formula is C18H29N3O4. The van der Waals surface area contributed by atoms with E-state index in [1.165, 1.54) is 39.2 Å². The van der Waals surface area contributed by atoms with Gasteiger partial charge in [0.1, 0.15) is 6.04 Å². The summed E-state index contributed by atoms with van der Waals surface area (Å²) in [7, 11) is 1.31. The third-order valence-corrected chi connectivity index (χ3v) is 6.08. The average molecular weight is 351 g/mol. The second kappa shape index (κ2) is 7.72. The Morgan fingerprint density at radius 1 is 1.32 bits per heavy atom. The van der Waals surface area contributed by atoms with Gasteiger partial charge in [-0.25, -0.2) is 4.79 Å². The number of amides is 2. The van der Waals surface area contributed by atoms with E-state index in [4.69, 9.17) is 4.74 Å². The topological polar surface area (TPSA) is 96.5 Å². The lowest BCUT2D eigenvalue weighted by molar-refractivity contribution is -0.146. The first-order valence-electron chi connectivity index (χ1n) is 9.42. The number of esters is 1.